The molecule has 2 aromatic rings. The summed E-state index contributed by atoms with van der Waals surface area (Å²) >= 11 is 0. The fourth-order valence-corrected chi connectivity index (χ4v) is 3.11. The number of para-hydroxylation sites is 1. The van der Waals surface area contributed by atoms with Crippen LogP contribution in [-0.2, 0) is 11.2 Å². The summed E-state index contributed by atoms with van der Waals surface area (Å²) in [5.74, 6) is 1.47. The first-order valence-electron chi connectivity index (χ1n) is 8.27. The Morgan fingerprint density at radius 3 is 2.68 bits per heavy atom. The van der Waals surface area contributed by atoms with Crippen LogP contribution < -0.4 is 14.4 Å². The molecule has 0 radical (unpaired) electrons. The zero-order valence-corrected chi connectivity index (χ0v) is 14.5. The molecule has 0 atom stereocenters. The first-order chi connectivity index (χ1) is 12.1. The van der Waals surface area contributed by atoms with Crippen molar-refractivity contribution in [1.29, 1.82) is 0 Å². The van der Waals surface area contributed by atoms with Gasteiger partial charge in [0.05, 0.1) is 19.9 Å². The van der Waals surface area contributed by atoms with Gasteiger partial charge in [-0.1, -0.05) is 18.2 Å². The molecule has 1 amide bonds. The van der Waals surface area contributed by atoms with E-state index in [2.05, 4.69) is 0 Å². The second kappa shape index (κ2) is 7.38. The topological polar surface area (TPSA) is 55.8 Å². The Kier molecular flexibility index (Phi) is 5.03. The van der Waals surface area contributed by atoms with Crippen LogP contribution in [-0.4, -0.2) is 32.5 Å². The third kappa shape index (κ3) is 3.50. The largest absolute Gasteiger partial charge is 0.497 e. The van der Waals surface area contributed by atoms with Gasteiger partial charge in [0.1, 0.15) is 11.5 Å². The van der Waals surface area contributed by atoms with Crippen molar-refractivity contribution in [3.05, 3.63) is 53.6 Å². The highest BCUT2D eigenvalue weighted by molar-refractivity contribution is 6.09. The molecular weight excluding hydrogens is 318 g/mol. The number of carbonyl (C=O) groups is 2. The summed E-state index contributed by atoms with van der Waals surface area (Å²) in [5, 5.41) is 0. The van der Waals surface area contributed by atoms with Crippen LogP contribution in [0.3, 0.4) is 0 Å². The van der Waals surface area contributed by atoms with Crippen molar-refractivity contribution in [1.82, 2.24) is 0 Å². The maximum Gasteiger partial charge on any atom is 0.227 e. The number of Topliss-reactive ketones (excluding diaryl/α,β-unsaturated/α-hetero) is 1. The van der Waals surface area contributed by atoms with Crippen molar-refractivity contribution in [3.63, 3.8) is 0 Å². The van der Waals surface area contributed by atoms with Crippen LogP contribution >= 0.6 is 0 Å². The van der Waals surface area contributed by atoms with Crippen molar-refractivity contribution < 1.29 is 19.1 Å². The van der Waals surface area contributed by atoms with E-state index in [1.54, 1.807) is 37.3 Å². The number of ketones is 1. The Hall–Kier alpha value is -2.82. The lowest BCUT2D eigenvalue weighted by Gasteiger charge is -2.29. The van der Waals surface area contributed by atoms with E-state index in [9.17, 15) is 9.59 Å². The van der Waals surface area contributed by atoms with E-state index in [0.29, 0.717) is 42.8 Å². The third-order valence-electron chi connectivity index (χ3n) is 4.46. The number of anilines is 1. The van der Waals surface area contributed by atoms with Crippen LogP contribution in [0.1, 0.15) is 28.8 Å². The Labute approximate surface area is 147 Å². The summed E-state index contributed by atoms with van der Waals surface area (Å²) < 4.78 is 10.6. The summed E-state index contributed by atoms with van der Waals surface area (Å²) in [6.45, 7) is 0.407. The molecule has 0 saturated carbocycles. The second-order valence-corrected chi connectivity index (χ2v) is 5.91. The highest BCUT2D eigenvalue weighted by Crippen LogP contribution is 2.31. The number of hydrogen-bond donors (Lipinski definition) is 0. The van der Waals surface area contributed by atoms with Crippen molar-refractivity contribution in [2.45, 2.75) is 19.3 Å². The summed E-state index contributed by atoms with van der Waals surface area (Å²) in [7, 11) is 3.19. The van der Waals surface area contributed by atoms with Crippen molar-refractivity contribution in [2.75, 3.05) is 25.7 Å². The molecule has 0 unspecified atom stereocenters. The Bertz CT molecular complexity index is 800. The maximum atomic E-state index is 12.8. The number of methoxy groups -OCH3 is 2. The van der Waals surface area contributed by atoms with Gasteiger partial charge < -0.3 is 14.4 Å². The molecule has 130 valence electrons. The Balaban J connectivity index is 1.79. The molecule has 2 aromatic carbocycles. The molecule has 3 rings (SSSR count). The number of fused-ring (bicyclic) bond motifs is 1. The summed E-state index contributed by atoms with van der Waals surface area (Å²) in [6, 6.07) is 12.9. The summed E-state index contributed by atoms with van der Waals surface area (Å²) in [4.78, 5) is 26.6. The monoisotopic (exact) mass is 339 g/mol. The number of amides is 1. The molecular formula is C20H21NO4. The molecule has 0 spiro atoms. The first-order valence-corrected chi connectivity index (χ1v) is 8.27. The fraction of sp³-hybridized carbons (Fsp3) is 0.300. The van der Waals surface area contributed by atoms with Gasteiger partial charge >= 0.3 is 0 Å². The maximum absolute atomic E-state index is 12.8. The molecule has 0 aliphatic carbocycles. The molecule has 5 nitrogen and oxygen atoms in total. The van der Waals surface area contributed by atoms with Crippen LogP contribution in [0.2, 0.25) is 0 Å². The smallest absolute Gasteiger partial charge is 0.227 e. The van der Waals surface area contributed by atoms with Gasteiger partial charge in [-0.15, -0.1) is 0 Å². The van der Waals surface area contributed by atoms with Crippen molar-refractivity contribution in [3.8, 4) is 11.5 Å². The van der Waals surface area contributed by atoms with Gasteiger partial charge in [0, 0.05) is 31.0 Å². The average molecular weight is 339 g/mol. The number of hydrogen-bond acceptors (Lipinski definition) is 4. The standard InChI is InChI=1S/C20H21NO4/c1-24-15-8-9-16-17(13-15)21(12-11-18(16)22)20(23)10-7-14-5-3-4-6-19(14)25-2/h3-6,8-9,13H,7,10-12H2,1-2H3. The van der Waals surface area contributed by atoms with Crippen molar-refractivity contribution >= 4 is 17.4 Å². The fourth-order valence-electron chi connectivity index (χ4n) is 3.11. The van der Waals surface area contributed by atoms with E-state index >= 15 is 0 Å². The second-order valence-electron chi connectivity index (χ2n) is 5.91. The Morgan fingerprint density at radius 1 is 1.12 bits per heavy atom. The molecule has 25 heavy (non-hydrogen) atoms. The lowest BCUT2D eigenvalue weighted by molar-refractivity contribution is -0.118. The highest BCUT2D eigenvalue weighted by Gasteiger charge is 2.27. The zero-order valence-electron chi connectivity index (χ0n) is 14.5. The lowest BCUT2D eigenvalue weighted by Crippen LogP contribution is -2.37. The number of carbonyl (C=O) groups excluding carboxylic acids is 2. The summed E-state index contributed by atoms with van der Waals surface area (Å²) in [6.07, 6.45) is 1.29. The van der Waals surface area contributed by atoms with Crippen LogP contribution in [0.4, 0.5) is 5.69 Å². The quantitative estimate of drug-likeness (QED) is 0.839. The molecule has 1 aliphatic heterocycles. The normalized spacial score (nSPS) is 13.4. The van der Waals surface area contributed by atoms with E-state index in [1.165, 1.54) is 0 Å². The summed E-state index contributed by atoms with van der Waals surface area (Å²) in [5.41, 5.74) is 2.22. The molecule has 0 N–H and O–H groups in total. The zero-order chi connectivity index (χ0) is 17.8. The third-order valence-corrected chi connectivity index (χ3v) is 4.46. The van der Waals surface area contributed by atoms with Gasteiger partial charge in [-0.2, -0.15) is 0 Å². The molecule has 0 aromatic heterocycles. The number of nitrogens with zero attached hydrogens (tertiary/aromatic N) is 1. The predicted octanol–water partition coefficient (Wildman–Crippen LogP) is 3.26. The van der Waals surface area contributed by atoms with E-state index in [0.717, 1.165) is 11.3 Å². The number of ether oxygens (including phenoxy) is 2. The van der Waals surface area contributed by atoms with Gasteiger partial charge in [0.15, 0.2) is 5.78 Å². The predicted molar refractivity (Wildman–Crippen MR) is 95.6 cm³/mol. The van der Waals surface area contributed by atoms with Gasteiger partial charge in [-0.3, -0.25) is 9.59 Å². The highest BCUT2D eigenvalue weighted by atomic mass is 16.5. The van der Waals surface area contributed by atoms with E-state index < -0.39 is 0 Å². The van der Waals surface area contributed by atoms with Gasteiger partial charge in [0.25, 0.3) is 0 Å². The van der Waals surface area contributed by atoms with Crippen LogP contribution in [0.5, 0.6) is 11.5 Å². The van der Waals surface area contributed by atoms with Crippen LogP contribution in [0, 0.1) is 0 Å². The molecule has 1 heterocycles. The molecule has 0 saturated heterocycles. The van der Waals surface area contributed by atoms with E-state index in [1.807, 2.05) is 24.3 Å². The number of aryl methyl sites for hydroxylation is 1. The lowest BCUT2D eigenvalue weighted by atomic mass is 9.99. The first kappa shape index (κ1) is 17.0. The minimum atomic E-state index is -0.00657. The number of benzene rings is 2. The van der Waals surface area contributed by atoms with Gasteiger partial charge in [-0.05, 0) is 30.2 Å². The van der Waals surface area contributed by atoms with Crippen LogP contribution in [0.15, 0.2) is 42.5 Å². The molecule has 0 bridgehead atoms. The van der Waals surface area contributed by atoms with E-state index in [4.69, 9.17) is 9.47 Å². The Morgan fingerprint density at radius 2 is 1.92 bits per heavy atom. The molecule has 0 fully saturated rings. The molecule has 5 heteroatoms. The van der Waals surface area contributed by atoms with E-state index in [-0.39, 0.29) is 11.7 Å². The minimum Gasteiger partial charge on any atom is -0.497 e. The number of rotatable bonds is 5. The molecule has 1 aliphatic rings. The van der Waals surface area contributed by atoms with Crippen LogP contribution in [0.25, 0.3) is 0 Å². The average Bonchev–Trinajstić information content (AvgIpc) is 2.66. The minimum absolute atomic E-state index is 0.00657. The van der Waals surface area contributed by atoms with Crippen molar-refractivity contribution in [2.24, 2.45) is 0 Å². The SMILES string of the molecule is COc1ccc2c(c1)N(C(=O)CCc1ccccc1OC)CCC2=O. The van der Waals surface area contributed by atoms with Gasteiger partial charge in [-0.25, -0.2) is 0 Å². The van der Waals surface area contributed by atoms with Gasteiger partial charge in [0.2, 0.25) is 5.91 Å².